The molecule has 1 atom stereocenters. The lowest BCUT2D eigenvalue weighted by molar-refractivity contribution is 0.179. The number of carbonyl (C=O) groups is 1. The molecule has 0 radical (unpaired) electrons. The second-order valence-electron chi connectivity index (χ2n) is 6.16. The average Bonchev–Trinajstić information content (AvgIpc) is 2.61. The molecule has 2 heterocycles. The van der Waals surface area contributed by atoms with E-state index in [1.54, 1.807) is 12.4 Å². The average molecular weight is 309 g/mol. The predicted molar refractivity (Wildman–Crippen MR) is 91.2 cm³/mol. The van der Waals surface area contributed by atoms with Crippen molar-refractivity contribution in [3.8, 4) is 0 Å². The van der Waals surface area contributed by atoms with Gasteiger partial charge in [0.25, 0.3) is 0 Å². The number of nitrogens with zero attached hydrogens (tertiary/aromatic N) is 2. The molecule has 4 heteroatoms. The Labute approximate surface area is 137 Å². The number of rotatable bonds is 3. The Kier molecular flexibility index (Phi) is 4.91. The summed E-state index contributed by atoms with van der Waals surface area (Å²) in [5.41, 5.74) is 3.71. The molecule has 4 nitrogen and oxygen atoms in total. The fourth-order valence-electron chi connectivity index (χ4n) is 3.25. The first-order chi connectivity index (χ1) is 11.2. The molecule has 23 heavy (non-hydrogen) atoms. The van der Waals surface area contributed by atoms with Crippen molar-refractivity contribution in [1.29, 1.82) is 0 Å². The molecule has 1 fully saturated rings. The SMILES string of the molecule is Cc1ccccc1[C@@H]1CCCN(C(=O)NCc2cccnc2)C1. The van der Waals surface area contributed by atoms with Gasteiger partial charge in [-0.25, -0.2) is 4.79 Å². The van der Waals surface area contributed by atoms with Crippen LogP contribution in [-0.4, -0.2) is 29.0 Å². The lowest BCUT2D eigenvalue weighted by Crippen LogP contribution is -2.44. The van der Waals surface area contributed by atoms with Gasteiger partial charge in [-0.15, -0.1) is 0 Å². The van der Waals surface area contributed by atoms with Crippen LogP contribution in [0.15, 0.2) is 48.8 Å². The summed E-state index contributed by atoms with van der Waals surface area (Å²) >= 11 is 0. The summed E-state index contributed by atoms with van der Waals surface area (Å²) in [6.45, 7) is 4.31. The maximum atomic E-state index is 12.4. The van der Waals surface area contributed by atoms with Gasteiger partial charge in [-0.3, -0.25) is 4.98 Å². The number of pyridine rings is 1. The van der Waals surface area contributed by atoms with E-state index in [0.29, 0.717) is 12.5 Å². The van der Waals surface area contributed by atoms with Crippen molar-refractivity contribution in [1.82, 2.24) is 15.2 Å². The Hall–Kier alpha value is -2.36. The van der Waals surface area contributed by atoms with E-state index in [1.807, 2.05) is 17.0 Å². The van der Waals surface area contributed by atoms with Gasteiger partial charge in [0.1, 0.15) is 0 Å². The molecule has 0 spiro atoms. The van der Waals surface area contributed by atoms with Crippen molar-refractivity contribution in [3.63, 3.8) is 0 Å². The fraction of sp³-hybridized carbons (Fsp3) is 0.368. The number of urea groups is 1. The standard InChI is InChI=1S/C19H23N3O/c1-15-6-2-3-9-18(15)17-8-5-11-22(14-17)19(23)21-13-16-7-4-10-20-12-16/h2-4,6-7,9-10,12,17H,5,8,11,13-14H2,1H3,(H,21,23)/t17-/m1/s1. The molecule has 2 amide bonds. The highest BCUT2D eigenvalue weighted by Gasteiger charge is 2.25. The smallest absolute Gasteiger partial charge is 0.317 e. The molecule has 1 aromatic heterocycles. The Morgan fingerprint density at radius 2 is 2.17 bits per heavy atom. The fourth-order valence-corrected chi connectivity index (χ4v) is 3.25. The molecular formula is C19H23N3O. The van der Waals surface area contributed by atoms with Crippen LogP contribution in [0.25, 0.3) is 0 Å². The van der Waals surface area contributed by atoms with E-state index in [0.717, 1.165) is 31.5 Å². The molecule has 2 aromatic rings. The minimum atomic E-state index is 0.0205. The van der Waals surface area contributed by atoms with Gasteiger partial charge in [0.2, 0.25) is 0 Å². The van der Waals surface area contributed by atoms with Gasteiger partial charge >= 0.3 is 6.03 Å². The van der Waals surface area contributed by atoms with Gasteiger partial charge in [-0.1, -0.05) is 30.3 Å². The van der Waals surface area contributed by atoms with Gasteiger partial charge in [-0.05, 0) is 42.5 Å². The van der Waals surface area contributed by atoms with Crippen molar-refractivity contribution < 1.29 is 4.79 Å². The van der Waals surface area contributed by atoms with E-state index in [2.05, 4.69) is 41.5 Å². The number of carbonyl (C=O) groups excluding carboxylic acids is 1. The summed E-state index contributed by atoms with van der Waals surface area (Å²) in [6.07, 6.45) is 5.73. The van der Waals surface area contributed by atoms with Crippen LogP contribution in [-0.2, 0) is 6.54 Å². The highest BCUT2D eigenvalue weighted by Crippen LogP contribution is 2.28. The minimum Gasteiger partial charge on any atom is -0.334 e. The van der Waals surface area contributed by atoms with Crippen molar-refractivity contribution in [2.24, 2.45) is 0 Å². The molecule has 3 rings (SSSR count). The molecule has 1 aromatic carbocycles. The number of likely N-dealkylation sites (tertiary alicyclic amines) is 1. The van der Waals surface area contributed by atoms with E-state index < -0.39 is 0 Å². The Bertz CT molecular complexity index is 657. The third kappa shape index (κ3) is 3.89. The first-order valence-corrected chi connectivity index (χ1v) is 8.21. The zero-order chi connectivity index (χ0) is 16.1. The maximum absolute atomic E-state index is 12.4. The summed E-state index contributed by atoms with van der Waals surface area (Å²) in [5.74, 6) is 0.439. The topological polar surface area (TPSA) is 45.2 Å². The molecule has 0 saturated carbocycles. The second-order valence-corrected chi connectivity index (χ2v) is 6.16. The third-order valence-corrected chi connectivity index (χ3v) is 4.50. The number of piperidine rings is 1. The van der Waals surface area contributed by atoms with Crippen LogP contribution in [0.5, 0.6) is 0 Å². The Balaban J connectivity index is 1.60. The van der Waals surface area contributed by atoms with E-state index in [-0.39, 0.29) is 6.03 Å². The van der Waals surface area contributed by atoms with Crippen molar-refractivity contribution >= 4 is 6.03 Å². The lowest BCUT2D eigenvalue weighted by Gasteiger charge is -2.33. The normalized spacial score (nSPS) is 17.8. The van der Waals surface area contributed by atoms with Crippen LogP contribution >= 0.6 is 0 Å². The monoisotopic (exact) mass is 309 g/mol. The lowest BCUT2D eigenvalue weighted by atomic mass is 9.88. The number of benzene rings is 1. The first kappa shape index (κ1) is 15.5. The molecule has 0 unspecified atom stereocenters. The Morgan fingerprint density at radius 1 is 1.30 bits per heavy atom. The van der Waals surface area contributed by atoms with Crippen LogP contribution in [0.2, 0.25) is 0 Å². The maximum Gasteiger partial charge on any atom is 0.317 e. The van der Waals surface area contributed by atoms with E-state index in [1.165, 1.54) is 11.1 Å². The summed E-state index contributed by atoms with van der Waals surface area (Å²) < 4.78 is 0. The van der Waals surface area contributed by atoms with Gasteiger partial charge in [0, 0.05) is 37.9 Å². The summed E-state index contributed by atoms with van der Waals surface area (Å²) in [4.78, 5) is 18.4. The van der Waals surface area contributed by atoms with Gasteiger partial charge < -0.3 is 10.2 Å². The summed E-state index contributed by atoms with van der Waals surface area (Å²) in [5, 5.41) is 3.00. The molecule has 0 bridgehead atoms. The van der Waals surface area contributed by atoms with Gasteiger partial charge in [0.05, 0.1) is 0 Å². The minimum absolute atomic E-state index is 0.0205. The first-order valence-electron chi connectivity index (χ1n) is 8.21. The highest BCUT2D eigenvalue weighted by atomic mass is 16.2. The number of aryl methyl sites for hydroxylation is 1. The van der Waals surface area contributed by atoms with Crippen molar-refractivity contribution in [3.05, 3.63) is 65.5 Å². The molecule has 1 aliphatic heterocycles. The molecule has 1 saturated heterocycles. The van der Waals surface area contributed by atoms with Crippen LogP contribution in [0, 0.1) is 6.92 Å². The number of hydrogen-bond donors (Lipinski definition) is 1. The zero-order valence-electron chi connectivity index (χ0n) is 13.5. The van der Waals surface area contributed by atoms with Gasteiger partial charge in [0.15, 0.2) is 0 Å². The summed E-state index contributed by atoms with van der Waals surface area (Å²) in [7, 11) is 0. The highest BCUT2D eigenvalue weighted by molar-refractivity contribution is 5.74. The Morgan fingerprint density at radius 3 is 2.96 bits per heavy atom. The molecule has 120 valence electrons. The van der Waals surface area contributed by atoms with E-state index >= 15 is 0 Å². The van der Waals surface area contributed by atoms with Gasteiger partial charge in [-0.2, -0.15) is 0 Å². The number of aromatic nitrogens is 1. The van der Waals surface area contributed by atoms with E-state index in [4.69, 9.17) is 0 Å². The van der Waals surface area contributed by atoms with Crippen LogP contribution in [0.3, 0.4) is 0 Å². The number of amides is 2. The largest absolute Gasteiger partial charge is 0.334 e. The van der Waals surface area contributed by atoms with Crippen molar-refractivity contribution in [2.45, 2.75) is 32.2 Å². The predicted octanol–water partition coefficient (Wildman–Crippen LogP) is 3.48. The van der Waals surface area contributed by atoms with E-state index in [9.17, 15) is 4.79 Å². The number of nitrogens with one attached hydrogen (secondary N) is 1. The van der Waals surface area contributed by atoms with Crippen LogP contribution in [0.1, 0.15) is 35.4 Å². The van der Waals surface area contributed by atoms with Crippen LogP contribution in [0.4, 0.5) is 4.79 Å². The molecule has 1 N–H and O–H groups in total. The molecule has 0 aliphatic carbocycles. The molecular weight excluding hydrogens is 286 g/mol. The summed E-state index contributed by atoms with van der Waals surface area (Å²) in [6, 6.07) is 12.4. The van der Waals surface area contributed by atoms with Crippen LogP contribution < -0.4 is 5.32 Å². The number of hydrogen-bond acceptors (Lipinski definition) is 2. The third-order valence-electron chi connectivity index (χ3n) is 4.50. The quantitative estimate of drug-likeness (QED) is 0.943. The molecule has 1 aliphatic rings. The van der Waals surface area contributed by atoms with Crippen molar-refractivity contribution in [2.75, 3.05) is 13.1 Å². The zero-order valence-corrected chi connectivity index (χ0v) is 13.5. The second kappa shape index (κ2) is 7.27.